The largest absolute Gasteiger partial charge is 0.355 e. The van der Waals surface area contributed by atoms with Gasteiger partial charge in [-0.2, -0.15) is 0 Å². The van der Waals surface area contributed by atoms with Crippen LogP contribution in [-0.4, -0.2) is 23.3 Å². The fraction of sp³-hybridized carbons (Fsp3) is 0.389. The maximum Gasteiger partial charge on any atom is 0.235 e. The molecule has 2 amide bonds. The van der Waals surface area contributed by atoms with Crippen LogP contribution in [0.2, 0.25) is 0 Å². The minimum Gasteiger partial charge on any atom is -0.355 e. The zero-order chi connectivity index (χ0) is 17.7. The molecule has 0 fully saturated rings. The number of nitrogens with one attached hydrogen (secondary N) is 1. The highest BCUT2D eigenvalue weighted by Crippen LogP contribution is 2.29. The Hall–Kier alpha value is -2.21. The van der Waals surface area contributed by atoms with E-state index in [1.165, 1.54) is 11.3 Å². The summed E-state index contributed by atoms with van der Waals surface area (Å²) < 4.78 is 0. The molecule has 0 radical (unpaired) electrons. The lowest BCUT2D eigenvalue weighted by atomic mass is 9.96. The van der Waals surface area contributed by atoms with Gasteiger partial charge >= 0.3 is 0 Å². The summed E-state index contributed by atoms with van der Waals surface area (Å²) >= 11 is 1.43. The summed E-state index contributed by atoms with van der Waals surface area (Å²) in [6.45, 7) is 7.75. The van der Waals surface area contributed by atoms with E-state index in [1.807, 2.05) is 63.4 Å². The lowest BCUT2D eigenvalue weighted by molar-refractivity contribution is -0.128. The molecule has 6 heteroatoms. The number of amides is 2. The van der Waals surface area contributed by atoms with Crippen LogP contribution in [0.1, 0.15) is 32.9 Å². The number of para-hydroxylation sites is 1. The molecule has 0 aliphatic carbocycles. The average Bonchev–Trinajstić information content (AvgIpc) is 2.93. The predicted octanol–water partition coefficient (Wildman–Crippen LogP) is 3.67. The van der Waals surface area contributed by atoms with Crippen LogP contribution in [0.15, 0.2) is 35.7 Å². The molecule has 1 aromatic heterocycles. The van der Waals surface area contributed by atoms with E-state index in [0.29, 0.717) is 11.7 Å². The quantitative estimate of drug-likeness (QED) is 0.899. The summed E-state index contributed by atoms with van der Waals surface area (Å²) in [5.41, 5.74) is 1.19. The van der Waals surface area contributed by atoms with Crippen molar-refractivity contribution in [2.45, 2.75) is 34.1 Å². The van der Waals surface area contributed by atoms with Gasteiger partial charge in [0.15, 0.2) is 5.13 Å². The highest BCUT2D eigenvalue weighted by Gasteiger charge is 2.23. The second kappa shape index (κ2) is 7.57. The van der Waals surface area contributed by atoms with E-state index in [1.54, 1.807) is 4.90 Å². The van der Waals surface area contributed by atoms with E-state index in [2.05, 4.69) is 10.3 Å². The molecule has 0 aliphatic heterocycles. The molecule has 1 N–H and O–H groups in total. The number of carbonyl (C=O) groups is 2. The van der Waals surface area contributed by atoms with Gasteiger partial charge in [-0.1, -0.05) is 39.0 Å². The van der Waals surface area contributed by atoms with Crippen LogP contribution in [0.3, 0.4) is 0 Å². The van der Waals surface area contributed by atoms with Crippen LogP contribution in [0.4, 0.5) is 10.8 Å². The molecule has 5 nitrogen and oxygen atoms in total. The van der Waals surface area contributed by atoms with Gasteiger partial charge < -0.3 is 5.32 Å². The summed E-state index contributed by atoms with van der Waals surface area (Å²) in [6, 6.07) is 9.43. The molecular weight excluding hydrogens is 322 g/mol. The molecule has 1 aromatic carbocycles. The lowest BCUT2D eigenvalue weighted by Gasteiger charge is -2.21. The number of hydrogen-bond donors (Lipinski definition) is 1. The summed E-state index contributed by atoms with van der Waals surface area (Å²) in [6.07, 6.45) is 0.218. The molecule has 128 valence electrons. The number of thiazole rings is 1. The molecule has 0 unspecified atom stereocenters. The summed E-state index contributed by atoms with van der Waals surface area (Å²) in [5, 5.41) is 5.37. The van der Waals surface area contributed by atoms with E-state index in [0.717, 1.165) is 11.4 Å². The highest BCUT2D eigenvalue weighted by atomic mass is 32.1. The van der Waals surface area contributed by atoms with Crippen LogP contribution >= 0.6 is 11.3 Å². The van der Waals surface area contributed by atoms with Gasteiger partial charge in [0.25, 0.3) is 0 Å². The van der Waals surface area contributed by atoms with Crippen molar-refractivity contribution in [3.8, 4) is 0 Å². The fourth-order valence-corrected chi connectivity index (χ4v) is 2.88. The Morgan fingerprint density at radius 1 is 1.21 bits per heavy atom. The number of aryl methyl sites for hydroxylation is 1. The average molecular weight is 345 g/mol. The molecule has 1 heterocycles. The van der Waals surface area contributed by atoms with Crippen LogP contribution < -0.4 is 10.2 Å². The van der Waals surface area contributed by atoms with Crippen molar-refractivity contribution in [2.75, 3.05) is 11.4 Å². The summed E-state index contributed by atoms with van der Waals surface area (Å²) in [4.78, 5) is 30.7. The monoisotopic (exact) mass is 345 g/mol. The summed E-state index contributed by atoms with van der Waals surface area (Å²) in [7, 11) is 0. The first kappa shape index (κ1) is 18.1. The second-order valence-electron chi connectivity index (χ2n) is 6.59. The number of hydrogen-bond acceptors (Lipinski definition) is 4. The Bertz CT molecular complexity index is 705. The van der Waals surface area contributed by atoms with Gasteiger partial charge in [-0.25, -0.2) is 4.98 Å². The molecular formula is C18H23N3O2S. The third-order valence-corrected chi connectivity index (χ3v) is 4.31. The van der Waals surface area contributed by atoms with E-state index in [9.17, 15) is 9.59 Å². The second-order valence-corrected chi connectivity index (χ2v) is 7.43. The lowest BCUT2D eigenvalue weighted by Crippen LogP contribution is -2.37. The van der Waals surface area contributed by atoms with Crippen molar-refractivity contribution in [2.24, 2.45) is 5.41 Å². The fourth-order valence-electron chi connectivity index (χ4n) is 2.04. The van der Waals surface area contributed by atoms with Crippen molar-refractivity contribution in [1.29, 1.82) is 0 Å². The Morgan fingerprint density at radius 2 is 1.88 bits per heavy atom. The van der Waals surface area contributed by atoms with Crippen molar-refractivity contribution in [1.82, 2.24) is 10.3 Å². The van der Waals surface area contributed by atoms with Crippen LogP contribution in [0.5, 0.6) is 0 Å². The third-order valence-electron chi connectivity index (χ3n) is 3.37. The third kappa shape index (κ3) is 4.64. The Balaban J connectivity index is 2.10. The van der Waals surface area contributed by atoms with Crippen molar-refractivity contribution < 1.29 is 9.59 Å². The van der Waals surface area contributed by atoms with Gasteiger partial charge in [0.05, 0.1) is 11.4 Å². The molecule has 0 atom stereocenters. The molecule has 0 bridgehead atoms. The SMILES string of the molecule is Cc1csc(N(C(=O)CCNC(=O)C(C)(C)C)c2ccccc2)n1. The minimum absolute atomic E-state index is 0.0633. The Labute approximate surface area is 146 Å². The van der Waals surface area contributed by atoms with Gasteiger partial charge in [0, 0.05) is 23.8 Å². The summed E-state index contributed by atoms with van der Waals surface area (Å²) in [5.74, 6) is -0.156. The number of benzene rings is 1. The van der Waals surface area contributed by atoms with E-state index in [-0.39, 0.29) is 18.2 Å². The number of aromatic nitrogens is 1. The highest BCUT2D eigenvalue weighted by molar-refractivity contribution is 7.14. The number of nitrogens with zero attached hydrogens (tertiary/aromatic N) is 2. The van der Waals surface area contributed by atoms with Crippen molar-refractivity contribution in [3.05, 3.63) is 41.4 Å². The molecule has 0 saturated carbocycles. The van der Waals surface area contributed by atoms with Gasteiger partial charge in [-0.15, -0.1) is 11.3 Å². The zero-order valence-electron chi connectivity index (χ0n) is 14.5. The standard InChI is InChI=1S/C18H23N3O2S/c1-13-12-24-17(20-13)21(14-8-6-5-7-9-14)15(22)10-11-19-16(23)18(2,3)4/h5-9,12H,10-11H2,1-4H3,(H,19,23). The van der Waals surface area contributed by atoms with Gasteiger partial charge in [0.1, 0.15) is 0 Å². The van der Waals surface area contributed by atoms with E-state index < -0.39 is 5.41 Å². The van der Waals surface area contributed by atoms with Gasteiger partial charge in [-0.3, -0.25) is 14.5 Å². The molecule has 2 rings (SSSR count). The van der Waals surface area contributed by atoms with Crippen molar-refractivity contribution >= 4 is 34.0 Å². The maximum absolute atomic E-state index is 12.7. The zero-order valence-corrected chi connectivity index (χ0v) is 15.3. The van der Waals surface area contributed by atoms with Crippen LogP contribution in [0, 0.1) is 12.3 Å². The molecule has 0 saturated heterocycles. The van der Waals surface area contributed by atoms with Crippen LogP contribution in [-0.2, 0) is 9.59 Å². The topological polar surface area (TPSA) is 62.3 Å². The Kier molecular flexibility index (Phi) is 5.72. The molecule has 0 spiro atoms. The molecule has 2 aromatic rings. The van der Waals surface area contributed by atoms with Gasteiger partial charge in [0.2, 0.25) is 11.8 Å². The van der Waals surface area contributed by atoms with E-state index in [4.69, 9.17) is 0 Å². The normalized spacial score (nSPS) is 11.2. The number of anilines is 2. The maximum atomic E-state index is 12.7. The number of carbonyl (C=O) groups excluding carboxylic acids is 2. The van der Waals surface area contributed by atoms with E-state index >= 15 is 0 Å². The first-order valence-corrected chi connectivity index (χ1v) is 8.75. The molecule has 24 heavy (non-hydrogen) atoms. The number of rotatable bonds is 5. The first-order valence-electron chi connectivity index (χ1n) is 7.87. The van der Waals surface area contributed by atoms with Gasteiger partial charge in [-0.05, 0) is 19.1 Å². The smallest absolute Gasteiger partial charge is 0.235 e. The van der Waals surface area contributed by atoms with Crippen molar-refractivity contribution in [3.63, 3.8) is 0 Å². The predicted molar refractivity (Wildman–Crippen MR) is 97.5 cm³/mol. The minimum atomic E-state index is -0.464. The molecule has 0 aliphatic rings. The first-order chi connectivity index (χ1) is 11.3. The Morgan fingerprint density at radius 3 is 2.42 bits per heavy atom. The van der Waals surface area contributed by atoms with Crippen LogP contribution in [0.25, 0.3) is 0 Å².